The number of hydrogen-bond donors (Lipinski definition) is 1. The van der Waals surface area contributed by atoms with Gasteiger partial charge in [0.1, 0.15) is 11.3 Å². The van der Waals surface area contributed by atoms with Crippen LogP contribution in [0.5, 0.6) is 0 Å². The molecule has 0 saturated heterocycles. The maximum Gasteiger partial charge on any atom is 0.134 e. The van der Waals surface area contributed by atoms with Crippen LogP contribution in [-0.4, -0.2) is 4.68 Å². The van der Waals surface area contributed by atoms with Gasteiger partial charge in [-0.05, 0) is 32.0 Å². The summed E-state index contributed by atoms with van der Waals surface area (Å²) in [6.07, 6.45) is 3.96. The molecule has 0 amide bonds. The highest BCUT2D eigenvalue weighted by Gasteiger charge is 2.15. The lowest BCUT2D eigenvalue weighted by atomic mass is 10.1. The quantitative estimate of drug-likeness (QED) is 0.753. The molecule has 2 heterocycles. The van der Waals surface area contributed by atoms with Gasteiger partial charge in [0.2, 0.25) is 0 Å². The SMILES string of the molecule is Cc1c(C(C)Nn2cccc2)oc2ccccc12. The Labute approximate surface area is 106 Å². The predicted molar refractivity (Wildman–Crippen MR) is 73.2 cm³/mol. The fraction of sp³-hybridized carbons (Fsp3) is 0.200. The molecule has 0 aliphatic carbocycles. The summed E-state index contributed by atoms with van der Waals surface area (Å²) in [5, 5.41) is 1.19. The second-order valence-corrected chi connectivity index (χ2v) is 4.53. The molecular weight excluding hydrogens is 224 g/mol. The van der Waals surface area contributed by atoms with Crippen LogP contribution in [0.4, 0.5) is 0 Å². The van der Waals surface area contributed by atoms with Crippen LogP contribution >= 0.6 is 0 Å². The Balaban J connectivity index is 1.96. The molecule has 0 spiro atoms. The van der Waals surface area contributed by atoms with Crippen molar-refractivity contribution in [1.82, 2.24) is 4.68 Å². The van der Waals surface area contributed by atoms with Crippen molar-refractivity contribution < 1.29 is 4.42 Å². The Bertz CT molecular complexity index is 652. The molecule has 3 nitrogen and oxygen atoms in total. The van der Waals surface area contributed by atoms with E-state index in [2.05, 4.69) is 25.3 Å². The van der Waals surface area contributed by atoms with Crippen molar-refractivity contribution >= 4 is 11.0 Å². The minimum absolute atomic E-state index is 0.129. The average molecular weight is 240 g/mol. The van der Waals surface area contributed by atoms with Crippen molar-refractivity contribution in [2.24, 2.45) is 0 Å². The maximum atomic E-state index is 5.93. The van der Waals surface area contributed by atoms with Gasteiger partial charge in [-0.25, -0.2) is 0 Å². The van der Waals surface area contributed by atoms with E-state index in [4.69, 9.17) is 4.42 Å². The number of aromatic nitrogens is 1. The van der Waals surface area contributed by atoms with E-state index in [0.29, 0.717) is 0 Å². The first-order chi connectivity index (χ1) is 8.75. The minimum Gasteiger partial charge on any atom is -0.459 e. The number of furan rings is 1. The third-order valence-corrected chi connectivity index (χ3v) is 3.22. The predicted octanol–water partition coefficient (Wildman–Crippen LogP) is 3.85. The molecule has 0 fully saturated rings. The molecular formula is C15H16N2O. The number of fused-ring (bicyclic) bond motifs is 1. The molecule has 2 aromatic heterocycles. The highest BCUT2D eigenvalue weighted by Crippen LogP contribution is 2.29. The van der Waals surface area contributed by atoms with Gasteiger partial charge in [-0.3, -0.25) is 4.68 Å². The highest BCUT2D eigenvalue weighted by molar-refractivity contribution is 5.82. The molecule has 0 saturated carbocycles. The molecule has 18 heavy (non-hydrogen) atoms. The van der Waals surface area contributed by atoms with E-state index in [1.807, 2.05) is 47.4 Å². The van der Waals surface area contributed by atoms with Crippen LogP contribution in [-0.2, 0) is 0 Å². The highest BCUT2D eigenvalue weighted by atomic mass is 16.3. The smallest absolute Gasteiger partial charge is 0.134 e. The molecule has 1 unspecified atom stereocenters. The van der Waals surface area contributed by atoms with Crippen molar-refractivity contribution in [2.45, 2.75) is 19.9 Å². The van der Waals surface area contributed by atoms with Crippen LogP contribution in [0, 0.1) is 6.92 Å². The monoisotopic (exact) mass is 240 g/mol. The first kappa shape index (κ1) is 11.0. The summed E-state index contributed by atoms with van der Waals surface area (Å²) in [5.74, 6) is 0.991. The molecule has 3 aromatic rings. The lowest BCUT2D eigenvalue weighted by Gasteiger charge is -2.14. The molecule has 1 atom stereocenters. The molecule has 1 N–H and O–H groups in total. The molecule has 0 bridgehead atoms. The van der Waals surface area contributed by atoms with Crippen molar-refractivity contribution in [1.29, 1.82) is 0 Å². The molecule has 0 aliphatic heterocycles. The fourth-order valence-corrected chi connectivity index (χ4v) is 2.31. The fourth-order valence-electron chi connectivity index (χ4n) is 2.31. The summed E-state index contributed by atoms with van der Waals surface area (Å²) in [4.78, 5) is 0. The van der Waals surface area contributed by atoms with Crippen molar-refractivity contribution in [3.63, 3.8) is 0 Å². The zero-order valence-corrected chi connectivity index (χ0v) is 10.6. The van der Waals surface area contributed by atoms with Crippen LogP contribution in [0.3, 0.4) is 0 Å². The molecule has 1 aromatic carbocycles. The summed E-state index contributed by atoms with van der Waals surface area (Å²) in [6, 6.07) is 12.3. The standard InChI is InChI=1S/C15H16N2O/c1-11-13-7-3-4-8-14(13)18-15(11)12(2)16-17-9-5-6-10-17/h3-10,12,16H,1-2H3. The van der Waals surface area contributed by atoms with E-state index >= 15 is 0 Å². The van der Waals surface area contributed by atoms with Crippen molar-refractivity contribution in [3.05, 3.63) is 60.1 Å². The largest absolute Gasteiger partial charge is 0.459 e. The average Bonchev–Trinajstić information content (AvgIpc) is 2.98. The van der Waals surface area contributed by atoms with E-state index in [0.717, 1.165) is 11.3 Å². The van der Waals surface area contributed by atoms with Gasteiger partial charge in [0.25, 0.3) is 0 Å². The number of nitrogens with zero attached hydrogens (tertiary/aromatic N) is 1. The molecule has 3 rings (SSSR count). The van der Waals surface area contributed by atoms with Crippen molar-refractivity contribution in [2.75, 3.05) is 5.43 Å². The summed E-state index contributed by atoms with van der Waals surface area (Å²) in [6.45, 7) is 4.21. The summed E-state index contributed by atoms with van der Waals surface area (Å²) in [5.41, 5.74) is 5.52. The molecule has 0 aliphatic rings. The summed E-state index contributed by atoms with van der Waals surface area (Å²) < 4.78 is 7.88. The Morgan fingerprint density at radius 1 is 1.11 bits per heavy atom. The first-order valence-electron chi connectivity index (χ1n) is 6.13. The maximum absolute atomic E-state index is 5.93. The summed E-state index contributed by atoms with van der Waals surface area (Å²) in [7, 11) is 0. The third kappa shape index (κ3) is 1.78. The third-order valence-electron chi connectivity index (χ3n) is 3.22. The van der Waals surface area contributed by atoms with Crippen LogP contribution in [0.15, 0.2) is 53.2 Å². The number of para-hydroxylation sites is 1. The number of rotatable bonds is 3. The molecule has 3 heteroatoms. The van der Waals surface area contributed by atoms with Crippen LogP contribution in [0.25, 0.3) is 11.0 Å². The second kappa shape index (κ2) is 4.26. The zero-order chi connectivity index (χ0) is 12.5. The van der Waals surface area contributed by atoms with E-state index in [1.165, 1.54) is 10.9 Å². The van der Waals surface area contributed by atoms with Gasteiger partial charge in [0.05, 0.1) is 6.04 Å². The lowest BCUT2D eigenvalue weighted by Crippen LogP contribution is -2.17. The second-order valence-electron chi connectivity index (χ2n) is 4.53. The molecule has 0 radical (unpaired) electrons. The topological polar surface area (TPSA) is 30.1 Å². The van der Waals surface area contributed by atoms with Gasteiger partial charge in [-0.2, -0.15) is 0 Å². The van der Waals surface area contributed by atoms with Gasteiger partial charge in [0, 0.05) is 23.3 Å². The van der Waals surface area contributed by atoms with E-state index < -0.39 is 0 Å². The number of aryl methyl sites for hydroxylation is 1. The van der Waals surface area contributed by atoms with E-state index in [1.54, 1.807) is 0 Å². The number of nitrogens with one attached hydrogen (secondary N) is 1. The molecule has 92 valence electrons. The van der Waals surface area contributed by atoms with Gasteiger partial charge >= 0.3 is 0 Å². The van der Waals surface area contributed by atoms with Crippen LogP contribution in [0.1, 0.15) is 24.3 Å². The van der Waals surface area contributed by atoms with Crippen molar-refractivity contribution in [3.8, 4) is 0 Å². The first-order valence-corrected chi connectivity index (χ1v) is 6.13. The van der Waals surface area contributed by atoms with Crippen LogP contribution < -0.4 is 5.43 Å². The van der Waals surface area contributed by atoms with E-state index in [-0.39, 0.29) is 6.04 Å². The minimum atomic E-state index is 0.129. The Morgan fingerprint density at radius 3 is 2.56 bits per heavy atom. The van der Waals surface area contributed by atoms with Gasteiger partial charge in [-0.15, -0.1) is 0 Å². The Morgan fingerprint density at radius 2 is 1.83 bits per heavy atom. The zero-order valence-electron chi connectivity index (χ0n) is 10.6. The number of benzene rings is 1. The summed E-state index contributed by atoms with van der Waals surface area (Å²) >= 11 is 0. The van der Waals surface area contributed by atoms with Crippen LogP contribution in [0.2, 0.25) is 0 Å². The van der Waals surface area contributed by atoms with Gasteiger partial charge in [-0.1, -0.05) is 18.2 Å². The normalized spacial score (nSPS) is 12.8. The Hall–Kier alpha value is -2.16. The number of hydrogen-bond acceptors (Lipinski definition) is 2. The van der Waals surface area contributed by atoms with E-state index in [9.17, 15) is 0 Å². The Kier molecular flexibility index (Phi) is 2.59. The van der Waals surface area contributed by atoms with Gasteiger partial charge < -0.3 is 9.84 Å². The lowest BCUT2D eigenvalue weighted by molar-refractivity contribution is 0.505. The van der Waals surface area contributed by atoms with Gasteiger partial charge in [0.15, 0.2) is 0 Å².